The minimum atomic E-state index is -0.0963. The highest BCUT2D eigenvalue weighted by Gasteiger charge is 2.09. The minimum Gasteiger partial charge on any atom is -0.375 e. The SMILES string of the molecule is Cc1cc(NCC(=O)NC(C)C)c(C#N)c(C)n1. The standard InChI is InChI=1S/C13H18N4O/c1-8(2)16-13(18)7-15-12-5-9(3)17-10(4)11(12)6-14/h5,8H,7H2,1-4H3,(H,15,17)(H,16,18). The Morgan fingerprint density at radius 3 is 2.72 bits per heavy atom. The van der Waals surface area contributed by atoms with E-state index in [1.54, 1.807) is 13.0 Å². The van der Waals surface area contributed by atoms with E-state index in [1.165, 1.54) is 0 Å². The summed E-state index contributed by atoms with van der Waals surface area (Å²) in [5, 5.41) is 14.8. The Kier molecular flexibility index (Phi) is 4.67. The molecule has 0 spiro atoms. The second kappa shape index (κ2) is 6.01. The maximum Gasteiger partial charge on any atom is 0.239 e. The van der Waals surface area contributed by atoms with Gasteiger partial charge in [-0.1, -0.05) is 0 Å². The first kappa shape index (κ1) is 14.0. The van der Waals surface area contributed by atoms with Gasteiger partial charge in [-0.25, -0.2) is 0 Å². The number of amides is 1. The van der Waals surface area contributed by atoms with Crippen LogP contribution >= 0.6 is 0 Å². The molecule has 0 fully saturated rings. The van der Waals surface area contributed by atoms with Crippen LogP contribution in [0, 0.1) is 25.2 Å². The average molecular weight is 246 g/mol. The normalized spacial score (nSPS) is 10.0. The topological polar surface area (TPSA) is 77.8 Å². The lowest BCUT2D eigenvalue weighted by Gasteiger charge is -2.12. The Morgan fingerprint density at radius 2 is 2.17 bits per heavy atom. The van der Waals surface area contributed by atoms with Crippen LogP contribution in [0.25, 0.3) is 0 Å². The molecule has 1 aromatic rings. The third kappa shape index (κ3) is 3.74. The number of hydrogen-bond donors (Lipinski definition) is 2. The summed E-state index contributed by atoms with van der Waals surface area (Å²) in [4.78, 5) is 15.7. The first-order valence-electron chi connectivity index (χ1n) is 5.85. The van der Waals surface area contributed by atoms with E-state index in [9.17, 15) is 4.79 Å². The van der Waals surface area contributed by atoms with Gasteiger partial charge in [-0.05, 0) is 33.8 Å². The van der Waals surface area contributed by atoms with Crippen molar-refractivity contribution in [2.75, 3.05) is 11.9 Å². The number of aromatic nitrogens is 1. The van der Waals surface area contributed by atoms with Crippen LogP contribution in [0.15, 0.2) is 6.07 Å². The van der Waals surface area contributed by atoms with Crippen molar-refractivity contribution < 1.29 is 4.79 Å². The quantitative estimate of drug-likeness (QED) is 0.844. The molecule has 0 atom stereocenters. The number of anilines is 1. The van der Waals surface area contributed by atoms with Crippen LogP contribution in [0.4, 0.5) is 5.69 Å². The molecule has 0 unspecified atom stereocenters. The summed E-state index contributed by atoms with van der Waals surface area (Å²) < 4.78 is 0. The number of nitrogens with one attached hydrogen (secondary N) is 2. The summed E-state index contributed by atoms with van der Waals surface area (Å²) in [5.74, 6) is -0.0963. The summed E-state index contributed by atoms with van der Waals surface area (Å²) in [6.45, 7) is 7.59. The van der Waals surface area contributed by atoms with E-state index in [-0.39, 0.29) is 18.5 Å². The third-order valence-electron chi connectivity index (χ3n) is 2.33. The van der Waals surface area contributed by atoms with Crippen molar-refractivity contribution in [3.05, 3.63) is 23.0 Å². The van der Waals surface area contributed by atoms with Crippen molar-refractivity contribution in [3.8, 4) is 6.07 Å². The third-order valence-corrected chi connectivity index (χ3v) is 2.33. The van der Waals surface area contributed by atoms with Gasteiger partial charge in [0.15, 0.2) is 0 Å². The molecular weight excluding hydrogens is 228 g/mol. The second-order valence-corrected chi connectivity index (χ2v) is 4.46. The van der Waals surface area contributed by atoms with Gasteiger partial charge in [-0.15, -0.1) is 0 Å². The van der Waals surface area contributed by atoms with Crippen LogP contribution in [-0.2, 0) is 4.79 Å². The van der Waals surface area contributed by atoms with Crippen molar-refractivity contribution in [1.82, 2.24) is 10.3 Å². The number of hydrogen-bond acceptors (Lipinski definition) is 4. The maximum atomic E-state index is 11.5. The Labute approximate surface area is 107 Å². The Hall–Kier alpha value is -2.09. The predicted molar refractivity (Wildman–Crippen MR) is 70.2 cm³/mol. The summed E-state index contributed by atoms with van der Waals surface area (Å²) in [5.41, 5.74) is 2.63. The number of carbonyl (C=O) groups excluding carboxylic acids is 1. The van der Waals surface area contributed by atoms with Gasteiger partial charge in [0.05, 0.1) is 23.5 Å². The van der Waals surface area contributed by atoms with Crippen molar-refractivity contribution in [1.29, 1.82) is 5.26 Å². The number of rotatable bonds is 4. The molecule has 18 heavy (non-hydrogen) atoms. The van der Waals surface area contributed by atoms with Gasteiger partial charge >= 0.3 is 0 Å². The number of nitrogens with zero attached hydrogens (tertiary/aromatic N) is 2. The smallest absolute Gasteiger partial charge is 0.239 e. The highest BCUT2D eigenvalue weighted by atomic mass is 16.1. The zero-order chi connectivity index (χ0) is 13.7. The first-order chi connectivity index (χ1) is 8.43. The van der Waals surface area contributed by atoms with Crippen LogP contribution in [-0.4, -0.2) is 23.5 Å². The molecule has 1 rings (SSSR count). The van der Waals surface area contributed by atoms with E-state index in [4.69, 9.17) is 5.26 Å². The Bertz CT molecular complexity index is 488. The van der Waals surface area contributed by atoms with E-state index in [0.717, 1.165) is 5.69 Å². The molecule has 0 saturated heterocycles. The van der Waals surface area contributed by atoms with Crippen molar-refractivity contribution in [2.45, 2.75) is 33.7 Å². The van der Waals surface area contributed by atoms with Crippen LogP contribution in [0.3, 0.4) is 0 Å². The zero-order valence-corrected chi connectivity index (χ0v) is 11.2. The molecule has 5 heteroatoms. The molecule has 0 radical (unpaired) electrons. The number of aryl methyl sites for hydroxylation is 2. The van der Waals surface area contributed by atoms with E-state index in [2.05, 4.69) is 21.7 Å². The second-order valence-electron chi connectivity index (χ2n) is 4.46. The number of carbonyl (C=O) groups is 1. The fourth-order valence-electron chi connectivity index (χ4n) is 1.66. The molecule has 0 aromatic carbocycles. The molecule has 0 bridgehead atoms. The largest absolute Gasteiger partial charge is 0.375 e. The number of nitriles is 1. The monoisotopic (exact) mass is 246 g/mol. The predicted octanol–water partition coefficient (Wildman–Crippen LogP) is 1.51. The summed E-state index contributed by atoms with van der Waals surface area (Å²) in [7, 11) is 0. The van der Waals surface area contributed by atoms with Crippen LogP contribution in [0.1, 0.15) is 30.8 Å². The fourth-order valence-corrected chi connectivity index (χ4v) is 1.66. The first-order valence-corrected chi connectivity index (χ1v) is 5.85. The molecule has 96 valence electrons. The minimum absolute atomic E-state index is 0.0963. The van der Waals surface area contributed by atoms with Gasteiger partial charge < -0.3 is 10.6 Å². The van der Waals surface area contributed by atoms with Gasteiger partial charge in [-0.3, -0.25) is 9.78 Å². The van der Waals surface area contributed by atoms with Gasteiger partial charge in [0.25, 0.3) is 0 Å². The molecule has 1 aromatic heterocycles. The number of pyridine rings is 1. The van der Waals surface area contributed by atoms with Crippen LogP contribution in [0.5, 0.6) is 0 Å². The van der Waals surface area contributed by atoms with Gasteiger partial charge in [0.1, 0.15) is 6.07 Å². The van der Waals surface area contributed by atoms with Gasteiger partial charge in [0, 0.05) is 11.7 Å². The molecule has 0 aliphatic heterocycles. The Morgan fingerprint density at radius 1 is 1.50 bits per heavy atom. The fraction of sp³-hybridized carbons (Fsp3) is 0.462. The van der Waals surface area contributed by atoms with E-state index in [0.29, 0.717) is 16.9 Å². The molecule has 0 aliphatic rings. The highest BCUT2D eigenvalue weighted by molar-refractivity contribution is 5.81. The van der Waals surface area contributed by atoms with Crippen molar-refractivity contribution in [2.24, 2.45) is 0 Å². The van der Waals surface area contributed by atoms with E-state index < -0.39 is 0 Å². The average Bonchev–Trinajstić information content (AvgIpc) is 2.24. The van der Waals surface area contributed by atoms with Gasteiger partial charge in [0.2, 0.25) is 5.91 Å². The molecule has 1 heterocycles. The summed E-state index contributed by atoms with van der Waals surface area (Å²) in [6.07, 6.45) is 0. The van der Waals surface area contributed by atoms with Gasteiger partial charge in [-0.2, -0.15) is 5.26 Å². The molecule has 2 N–H and O–H groups in total. The van der Waals surface area contributed by atoms with Crippen LogP contribution in [0.2, 0.25) is 0 Å². The maximum absolute atomic E-state index is 11.5. The lowest BCUT2D eigenvalue weighted by molar-refractivity contribution is -0.119. The lowest BCUT2D eigenvalue weighted by Crippen LogP contribution is -2.35. The molecule has 1 amide bonds. The van der Waals surface area contributed by atoms with Crippen molar-refractivity contribution in [3.63, 3.8) is 0 Å². The van der Waals surface area contributed by atoms with E-state index in [1.807, 2.05) is 20.8 Å². The molecule has 0 saturated carbocycles. The summed E-state index contributed by atoms with van der Waals surface area (Å²) >= 11 is 0. The zero-order valence-electron chi connectivity index (χ0n) is 11.2. The van der Waals surface area contributed by atoms with Crippen molar-refractivity contribution >= 4 is 11.6 Å². The highest BCUT2D eigenvalue weighted by Crippen LogP contribution is 2.18. The summed E-state index contributed by atoms with van der Waals surface area (Å²) in [6, 6.07) is 3.98. The van der Waals surface area contributed by atoms with Crippen LogP contribution < -0.4 is 10.6 Å². The molecule has 0 aliphatic carbocycles. The molecular formula is C13H18N4O. The lowest BCUT2D eigenvalue weighted by atomic mass is 10.1. The van der Waals surface area contributed by atoms with E-state index >= 15 is 0 Å². The molecule has 5 nitrogen and oxygen atoms in total. The Balaban J connectivity index is 2.79.